The molecule has 0 bridgehead atoms. The summed E-state index contributed by atoms with van der Waals surface area (Å²) in [5, 5.41) is 10.9. The summed E-state index contributed by atoms with van der Waals surface area (Å²) in [6.07, 6.45) is 0. The average molecular weight is 278 g/mol. The lowest BCUT2D eigenvalue weighted by Crippen LogP contribution is -2.16. The normalized spacial score (nSPS) is 10.1. The summed E-state index contributed by atoms with van der Waals surface area (Å²) in [5.41, 5.74) is -0.886. The van der Waals surface area contributed by atoms with Gasteiger partial charge in [-0.05, 0) is 24.3 Å². The maximum atomic E-state index is 13.4. The van der Waals surface area contributed by atoms with Gasteiger partial charge < -0.3 is 10.4 Å². The largest absolute Gasteiger partial charge is 0.477 e. The summed E-state index contributed by atoms with van der Waals surface area (Å²) in [6, 6.07) is 7.12. The van der Waals surface area contributed by atoms with Crippen molar-refractivity contribution in [1.82, 2.24) is 4.98 Å². The molecule has 0 aliphatic rings. The highest BCUT2D eigenvalue weighted by molar-refractivity contribution is 6.03. The molecule has 102 valence electrons. The van der Waals surface area contributed by atoms with E-state index in [0.29, 0.717) is 0 Å². The van der Waals surface area contributed by atoms with Crippen molar-refractivity contribution in [3.05, 3.63) is 59.4 Å². The van der Waals surface area contributed by atoms with Gasteiger partial charge in [0.15, 0.2) is 11.6 Å². The lowest BCUT2D eigenvalue weighted by atomic mass is 10.2. The molecular formula is C13H8F2N2O3. The molecule has 0 unspecified atom stereocenters. The Morgan fingerprint density at radius 1 is 1.05 bits per heavy atom. The van der Waals surface area contributed by atoms with E-state index in [1.165, 1.54) is 30.3 Å². The summed E-state index contributed by atoms with van der Waals surface area (Å²) in [7, 11) is 0. The molecule has 0 spiro atoms. The van der Waals surface area contributed by atoms with Crippen LogP contribution in [-0.2, 0) is 0 Å². The van der Waals surface area contributed by atoms with Gasteiger partial charge in [0.2, 0.25) is 0 Å². The van der Waals surface area contributed by atoms with Gasteiger partial charge in [0.25, 0.3) is 5.91 Å². The van der Waals surface area contributed by atoms with Crippen molar-refractivity contribution in [2.24, 2.45) is 0 Å². The van der Waals surface area contributed by atoms with E-state index < -0.39 is 23.5 Å². The fraction of sp³-hybridized carbons (Fsp3) is 0. The smallest absolute Gasteiger partial charge is 0.354 e. The van der Waals surface area contributed by atoms with Crippen molar-refractivity contribution >= 4 is 17.6 Å². The van der Waals surface area contributed by atoms with Gasteiger partial charge >= 0.3 is 5.97 Å². The van der Waals surface area contributed by atoms with E-state index in [1.807, 2.05) is 0 Å². The molecule has 2 rings (SSSR count). The molecule has 0 saturated heterocycles. The highest BCUT2D eigenvalue weighted by atomic mass is 19.2. The van der Waals surface area contributed by atoms with Gasteiger partial charge in [-0.25, -0.2) is 18.6 Å². The van der Waals surface area contributed by atoms with E-state index in [2.05, 4.69) is 10.3 Å². The quantitative estimate of drug-likeness (QED) is 0.903. The number of anilines is 1. The van der Waals surface area contributed by atoms with E-state index >= 15 is 0 Å². The van der Waals surface area contributed by atoms with Gasteiger partial charge in [-0.3, -0.25) is 4.79 Å². The summed E-state index contributed by atoms with van der Waals surface area (Å²) in [4.78, 5) is 26.1. The number of nitrogens with zero attached hydrogens (tertiary/aromatic N) is 1. The molecule has 7 heteroatoms. The van der Waals surface area contributed by atoms with Crippen LogP contribution in [0.2, 0.25) is 0 Å². The van der Waals surface area contributed by atoms with Gasteiger partial charge in [0.05, 0.1) is 5.69 Å². The Balaban J connectivity index is 2.26. The molecule has 0 atom stereocenters. The monoisotopic (exact) mass is 278 g/mol. The number of carbonyl (C=O) groups is 2. The lowest BCUT2D eigenvalue weighted by Gasteiger charge is -2.06. The first-order valence-electron chi connectivity index (χ1n) is 5.45. The number of benzene rings is 1. The molecule has 0 saturated carbocycles. The maximum absolute atomic E-state index is 13.4. The fourth-order valence-corrected chi connectivity index (χ4v) is 1.47. The first-order chi connectivity index (χ1) is 9.49. The average Bonchev–Trinajstić information content (AvgIpc) is 2.44. The topological polar surface area (TPSA) is 79.3 Å². The van der Waals surface area contributed by atoms with E-state index in [0.717, 1.165) is 6.07 Å². The van der Waals surface area contributed by atoms with E-state index in [-0.39, 0.29) is 17.1 Å². The predicted molar refractivity (Wildman–Crippen MR) is 65.5 cm³/mol. The molecule has 0 fully saturated rings. The fourth-order valence-electron chi connectivity index (χ4n) is 1.47. The van der Waals surface area contributed by atoms with Crippen molar-refractivity contribution in [2.75, 3.05) is 5.32 Å². The number of halogens is 2. The number of carbonyl (C=O) groups excluding carboxylic acids is 1. The van der Waals surface area contributed by atoms with Crippen LogP contribution in [0.5, 0.6) is 0 Å². The molecule has 0 aliphatic heterocycles. The van der Waals surface area contributed by atoms with E-state index in [4.69, 9.17) is 5.11 Å². The molecule has 1 amide bonds. The van der Waals surface area contributed by atoms with Gasteiger partial charge in [-0.15, -0.1) is 0 Å². The summed E-state index contributed by atoms with van der Waals surface area (Å²) in [5.74, 6) is -4.43. The number of rotatable bonds is 3. The number of hydrogen-bond donors (Lipinski definition) is 2. The van der Waals surface area contributed by atoms with Crippen LogP contribution in [0.3, 0.4) is 0 Å². The molecule has 2 N–H and O–H groups in total. The molecule has 2 aromatic rings. The Labute approximate surface area is 111 Å². The first-order valence-corrected chi connectivity index (χ1v) is 5.45. The second-order valence-electron chi connectivity index (χ2n) is 3.77. The number of aromatic nitrogens is 1. The number of nitrogens with one attached hydrogen (secondary N) is 1. The predicted octanol–water partition coefficient (Wildman–Crippen LogP) is 2.31. The third-order valence-corrected chi connectivity index (χ3v) is 2.40. The Kier molecular flexibility index (Phi) is 3.69. The third-order valence-electron chi connectivity index (χ3n) is 2.40. The molecule has 1 aromatic heterocycles. The Hall–Kier alpha value is -2.83. The summed E-state index contributed by atoms with van der Waals surface area (Å²) < 4.78 is 26.4. The minimum Gasteiger partial charge on any atom is -0.477 e. The number of carboxylic acids is 1. The number of pyridine rings is 1. The zero-order valence-electron chi connectivity index (χ0n) is 9.93. The number of amides is 1. The molecule has 0 radical (unpaired) electrons. The van der Waals surface area contributed by atoms with Crippen LogP contribution in [-0.4, -0.2) is 22.0 Å². The Morgan fingerprint density at radius 3 is 2.40 bits per heavy atom. The van der Waals surface area contributed by atoms with Crippen LogP contribution < -0.4 is 5.32 Å². The third kappa shape index (κ3) is 2.77. The molecule has 1 aromatic carbocycles. The Morgan fingerprint density at radius 2 is 1.70 bits per heavy atom. The molecule has 20 heavy (non-hydrogen) atoms. The molecular weight excluding hydrogens is 270 g/mol. The molecule has 5 nitrogen and oxygen atoms in total. The van der Waals surface area contributed by atoms with Crippen molar-refractivity contribution in [3.63, 3.8) is 0 Å². The van der Waals surface area contributed by atoms with Gasteiger partial charge in [0, 0.05) is 0 Å². The van der Waals surface area contributed by atoms with Crippen LogP contribution in [0.1, 0.15) is 21.0 Å². The standard InChI is InChI=1S/C13H8F2N2O3/c14-7-3-1-4-8(11(7)15)17-12(18)9-5-2-6-10(16-9)13(19)20/h1-6H,(H,17,18)(H,19,20). The molecule has 0 aliphatic carbocycles. The van der Waals surface area contributed by atoms with Gasteiger partial charge in [-0.2, -0.15) is 0 Å². The van der Waals surface area contributed by atoms with E-state index in [9.17, 15) is 18.4 Å². The van der Waals surface area contributed by atoms with Crippen LogP contribution in [0.15, 0.2) is 36.4 Å². The SMILES string of the molecule is O=C(O)c1cccc(C(=O)Nc2cccc(F)c2F)n1. The number of hydrogen-bond acceptors (Lipinski definition) is 3. The minimum absolute atomic E-state index is 0.214. The van der Waals surface area contributed by atoms with Crippen LogP contribution in [0.25, 0.3) is 0 Å². The number of carboxylic acid groups (broad SMARTS) is 1. The molecule has 1 heterocycles. The highest BCUT2D eigenvalue weighted by Crippen LogP contribution is 2.17. The lowest BCUT2D eigenvalue weighted by molar-refractivity contribution is 0.0690. The summed E-state index contributed by atoms with van der Waals surface area (Å²) in [6.45, 7) is 0. The van der Waals surface area contributed by atoms with Gasteiger partial charge in [-0.1, -0.05) is 12.1 Å². The number of aromatic carboxylic acids is 1. The van der Waals surface area contributed by atoms with Crippen LogP contribution in [0.4, 0.5) is 14.5 Å². The van der Waals surface area contributed by atoms with Crippen molar-refractivity contribution in [2.45, 2.75) is 0 Å². The maximum Gasteiger partial charge on any atom is 0.354 e. The van der Waals surface area contributed by atoms with Crippen LogP contribution >= 0.6 is 0 Å². The zero-order valence-corrected chi connectivity index (χ0v) is 9.93. The van der Waals surface area contributed by atoms with Crippen LogP contribution in [0, 0.1) is 11.6 Å². The van der Waals surface area contributed by atoms with Gasteiger partial charge in [0.1, 0.15) is 11.4 Å². The summed E-state index contributed by atoms with van der Waals surface area (Å²) >= 11 is 0. The second kappa shape index (κ2) is 5.43. The highest BCUT2D eigenvalue weighted by Gasteiger charge is 2.14. The first kappa shape index (κ1) is 13.6. The minimum atomic E-state index is -1.29. The van der Waals surface area contributed by atoms with E-state index in [1.54, 1.807) is 0 Å². The van der Waals surface area contributed by atoms with Crippen molar-refractivity contribution < 1.29 is 23.5 Å². The second-order valence-corrected chi connectivity index (χ2v) is 3.77. The Bertz CT molecular complexity index is 689. The van der Waals surface area contributed by atoms with Crippen molar-refractivity contribution in [1.29, 1.82) is 0 Å². The van der Waals surface area contributed by atoms with Crippen molar-refractivity contribution in [3.8, 4) is 0 Å². The zero-order chi connectivity index (χ0) is 14.7.